The van der Waals surface area contributed by atoms with Crippen LogP contribution in [0.5, 0.6) is 5.75 Å². The average Bonchev–Trinajstić information content (AvgIpc) is 2.76. The molecule has 2 aromatic rings. The molecule has 0 bridgehead atoms. The van der Waals surface area contributed by atoms with Crippen molar-refractivity contribution in [2.24, 2.45) is 0 Å². The monoisotopic (exact) mass is 452 g/mol. The molecule has 1 heterocycles. The first kappa shape index (κ1) is 25.3. The second-order valence-electron chi connectivity index (χ2n) is 8.14. The lowest BCUT2D eigenvalue weighted by atomic mass is 10.1. The number of hydrogen-bond acceptors (Lipinski definition) is 6. The number of allylic oxidation sites excluding steroid dienone is 1. The maximum Gasteiger partial charge on any atom is 0.597 e. The van der Waals surface area contributed by atoms with Crippen molar-refractivity contribution in [3.8, 4) is 5.75 Å². The van der Waals surface area contributed by atoms with Crippen molar-refractivity contribution in [3.05, 3.63) is 71.4 Å². The molecule has 1 aliphatic rings. The quantitative estimate of drug-likeness (QED) is 0.522. The lowest BCUT2D eigenvalue weighted by molar-refractivity contribution is -0.439. The molecule has 0 N–H and O–H groups in total. The second kappa shape index (κ2) is 11.6. The molecule has 3 rings (SSSR count). The van der Waals surface area contributed by atoms with Gasteiger partial charge in [0.05, 0.1) is 13.7 Å². The Kier molecular flexibility index (Phi) is 8.91. The molecule has 0 radical (unpaired) electrons. The molecule has 2 amide bonds. The van der Waals surface area contributed by atoms with Crippen LogP contribution in [0, 0.1) is 0 Å². The average molecular weight is 453 g/mol. The van der Waals surface area contributed by atoms with Gasteiger partial charge in [0.15, 0.2) is 6.21 Å². The number of rotatable bonds is 4. The Morgan fingerprint density at radius 3 is 2.42 bits per heavy atom. The Hall–Kier alpha value is -3.94. The summed E-state index contributed by atoms with van der Waals surface area (Å²) in [5.74, 6) is 0.534. The Bertz CT molecular complexity index is 1040. The predicted octanol–water partition coefficient (Wildman–Crippen LogP) is 2.46. The fourth-order valence-corrected chi connectivity index (χ4v) is 3.05. The Morgan fingerprint density at radius 1 is 1.15 bits per heavy atom. The molecule has 2 aromatic carbocycles. The topological polar surface area (TPSA) is 99.0 Å². The number of methoxy groups -OCH3 is 1. The summed E-state index contributed by atoms with van der Waals surface area (Å²) in [6.07, 6.45) is 2.98. The number of hydrogen-bond donors (Lipinski definition) is 0. The van der Waals surface area contributed by atoms with Gasteiger partial charge in [-0.25, -0.2) is 0 Å². The first-order valence-electron chi connectivity index (χ1n) is 10.3. The van der Waals surface area contributed by atoms with Gasteiger partial charge in [0.25, 0.3) is 5.91 Å². The van der Waals surface area contributed by atoms with Gasteiger partial charge in [0, 0.05) is 6.47 Å². The summed E-state index contributed by atoms with van der Waals surface area (Å²) in [5.41, 5.74) is 1.82. The first-order valence-corrected chi connectivity index (χ1v) is 10.3. The Morgan fingerprint density at radius 2 is 1.82 bits per heavy atom. The molecule has 0 spiro atoms. The maximum atomic E-state index is 13.0. The van der Waals surface area contributed by atoms with Gasteiger partial charge in [0.1, 0.15) is 17.0 Å². The minimum absolute atomic E-state index is 0.0722. The van der Waals surface area contributed by atoms with Crippen LogP contribution in [-0.4, -0.2) is 53.4 Å². The number of nitrogens with zero attached hydrogens (tertiary/aromatic N) is 2. The summed E-state index contributed by atoms with van der Waals surface area (Å²) in [5, 5.41) is 8.25. The molecule has 0 saturated carbocycles. The SMILES string of the molecule is COc1cccc(/C=C2/C=[N+](C(=O)OC(C)(C)C)CC(=O)N2Cc2ccccc2)c1.O=C[O-]. The summed E-state index contributed by atoms with van der Waals surface area (Å²) in [6.45, 7) is 5.23. The highest BCUT2D eigenvalue weighted by molar-refractivity contribution is 5.95. The number of amides is 2. The normalized spacial score (nSPS) is 14.7. The van der Waals surface area contributed by atoms with E-state index in [0.717, 1.165) is 11.1 Å². The third-order valence-electron chi connectivity index (χ3n) is 4.43. The highest BCUT2D eigenvalue weighted by Gasteiger charge is 2.36. The van der Waals surface area contributed by atoms with E-state index < -0.39 is 18.2 Å². The summed E-state index contributed by atoms with van der Waals surface area (Å²) >= 11 is 0. The Labute approximate surface area is 193 Å². The molecule has 1 aliphatic heterocycles. The fourth-order valence-electron chi connectivity index (χ4n) is 3.05. The van der Waals surface area contributed by atoms with E-state index in [9.17, 15) is 9.59 Å². The van der Waals surface area contributed by atoms with Crippen LogP contribution in [0.3, 0.4) is 0 Å². The van der Waals surface area contributed by atoms with Crippen molar-refractivity contribution in [1.82, 2.24) is 4.90 Å². The lowest BCUT2D eigenvalue weighted by Gasteiger charge is -2.26. The van der Waals surface area contributed by atoms with Gasteiger partial charge in [-0.15, -0.1) is 4.58 Å². The van der Waals surface area contributed by atoms with E-state index in [1.54, 1.807) is 39.0 Å². The van der Waals surface area contributed by atoms with Crippen LogP contribution in [0.2, 0.25) is 0 Å². The highest BCUT2D eigenvalue weighted by atomic mass is 16.6. The van der Waals surface area contributed by atoms with Gasteiger partial charge in [0.2, 0.25) is 6.54 Å². The predicted molar refractivity (Wildman–Crippen MR) is 121 cm³/mol. The molecule has 8 heteroatoms. The third kappa shape index (κ3) is 7.92. The molecule has 8 nitrogen and oxygen atoms in total. The molecule has 174 valence electrons. The van der Waals surface area contributed by atoms with Crippen LogP contribution in [0.25, 0.3) is 6.08 Å². The first-order chi connectivity index (χ1) is 15.7. The van der Waals surface area contributed by atoms with Crippen molar-refractivity contribution < 1.29 is 33.5 Å². The zero-order valence-corrected chi connectivity index (χ0v) is 19.2. The van der Waals surface area contributed by atoms with Crippen LogP contribution in [0.1, 0.15) is 31.9 Å². The van der Waals surface area contributed by atoms with E-state index >= 15 is 0 Å². The molecule has 33 heavy (non-hydrogen) atoms. The smallest absolute Gasteiger partial charge is 0.554 e. The van der Waals surface area contributed by atoms with E-state index in [2.05, 4.69) is 0 Å². The van der Waals surface area contributed by atoms with Gasteiger partial charge in [-0.05, 0) is 50.1 Å². The van der Waals surface area contributed by atoms with Gasteiger partial charge < -0.3 is 19.4 Å². The van der Waals surface area contributed by atoms with Crippen molar-refractivity contribution >= 4 is 30.8 Å². The second-order valence-corrected chi connectivity index (χ2v) is 8.14. The van der Waals surface area contributed by atoms with Crippen LogP contribution >= 0.6 is 0 Å². The standard InChI is InChI=1S/C24H27N2O4.CH2O2/c1-24(2,3)30-23(28)25-16-20(13-19-11-8-12-21(14-19)29-4)26(22(27)17-25)15-18-9-6-5-7-10-18;2-1-3/h5-14,16H,15,17H2,1-4H3;1H,(H,2,3)/q+1;/p-1/b20-13-;. The number of ether oxygens (including phenoxy) is 2. The summed E-state index contributed by atoms with van der Waals surface area (Å²) in [4.78, 5) is 35.5. The van der Waals surface area contributed by atoms with E-state index in [1.165, 1.54) is 4.58 Å². The lowest BCUT2D eigenvalue weighted by Crippen LogP contribution is -2.45. The van der Waals surface area contributed by atoms with Crippen LogP contribution in [0.15, 0.2) is 60.3 Å². The fraction of sp³-hybridized carbons (Fsp3) is 0.280. The van der Waals surface area contributed by atoms with Crippen molar-refractivity contribution in [3.63, 3.8) is 0 Å². The van der Waals surface area contributed by atoms with E-state index in [0.29, 0.717) is 18.0 Å². The molecule has 0 unspecified atom stereocenters. The minimum atomic E-state index is -0.647. The number of benzene rings is 2. The minimum Gasteiger partial charge on any atom is -0.554 e. The zero-order chi connectivity index (χ0) is 24.4. The molecular formula is C25H28N2O6. The van der Waals surface area contributed by atoms with E-state index in [4.69, 9.17) is 19.4 Å². The van der Waals surface area contributed by atoms with Crippen LogP contribution in [0.4, 0.5) is 4.79 Å². The molecule has 0 aliphatic carbocycles. The van der Waals surface area contributed by atoms with E-state index in [-0.39, 0.29) is 12.5 Å². The van der Waals surface area contributed by atoms with Crippen molar-refractivity contribution in [1.29, 1.82) is 0 Å². The summed E-state index contributed by atoms with van der Waals surface area (Å²) in [6, 6.07) is 17.3. The molecule has 0 atom stereocenters. The highest BCUT2D eigenvalue weighted by Crippen LogP contribution is 2.20. The van der Waals surface area contributed by atoms with Crippen molar-refractivity contribution in [2.45, 2.75) is 32.9 Å². The zero-order valence-electron chi connectivity index (χ0n) is 19.2. The summed E-state index contributed by atoms with van der Waals surface area (Å²) < 4.78 is 12.1. The summed E-state index contributed by atoms with van der Waals surface area (Å²) in [7, 11) is 1.61. The van der Waals surface area contributed by atoms with Gasteiger partial charge in [-0.1, -0.05) is 42.5 Å². The molecule has 0 aromatic heterocycles. The number of carboxylic acid groups (broad SMARTS) is 1. The Balaban J connectivity index is 0.00000122. The van der Waals surface area contributed by atoms with Gasteiger partial charge in [-0.2, -0.15) is 4.79 Å². The van der Waals surface area contributed by atoms with Crippen LogP contribution < -0.4 is 9.84 Å². The van der Waals surface area contributed by atoms with Gasteiger partial charge in [-0.3, -0.25) is 9.69 Å². The number of carbonyl (C=O) groups excluding carboxylic acids is 3. The van der Waals surface area contributed by atoms with Crippen molar-refractivity contribution in [2.75, 3.05) is 13.7 Å². The largest absolute Gasteiger partial charge is 0.597 e. The number of carbonyl (C=O) groups is 3. The molecule has 0 saturated heterocycles. The van der Waals surface area contributed by atoms with E-state index in [1.807, 2.05) is 60.7 Å². The molecule has 0 fully saturated rings. The maximum absolute atomic E-state index is 13.0. The van der Waals surface area contributed by atoms with Crippen LogP contribution in [-0.2, 0) is 20.9 Å². The van der Waals surface area contributed by atoms with Gasteiger partial charge >= 0.3 is 6.09 Å². The molecular weight excluding hydrogens is 424 g/mol. The third-order valence-corrected chi connectivity index (χ3v) is 4.43.